The zero-order valence-corrected chi connectivity index (χ0v) is 21.9. The van der Waals surface area contributed by atoms with Crippen molar-refractivity contribution in [2.75, 3.05) is 106 Å². The summed E-state index contributed by atoms with van der Waals surface area (Å²) in [5, 5.41) is 2.98. The molecule has 0 aliphatic heterocycles. The lowest BCUT2D eigenvalue weighted by atomic mass is 10.2. The van der Waals surface area contributed by atoms with Crippen LogP contribution < -0.4 is 10.1 Å². The molecule has 0 heterocycles. The van der Waals surface area contributed by atoms with E-state index >= 15 is 0 Å². The van der Waals surface area contributed by atoms with E-state index in [2.05, 4.69) is 10.1 Å². The molecule has 0 unspecified atom stereocenters. The Morgan fingerprint density at radius 3 is 1.18 bits per heavy atom. The minimum absolute atomic E-state index is 0.0917. The van der Waals surface area contributed by atoms with Crippen LogP contribution in [0.4, 0.5) is 22.0 Å². The summed E-state index contributed by atoms with van der Waals surface area (Å²) in [5.74, 6) is -14.1. The van der Waals surface area contributed by atoms with Gasteiger partial charge in [-0.25, -0.2) is 13.2 Å². The van der Waals surface area contributed by atoms with Crippen LogP contribution >= 0.6 is 0 Å². The maximum Gasteiger partial charge on any atom is 0.313 e. The molecule has 1 aromatic rings. The second-order valence-electron chi connectivity index (χ2n) is 7.51. The van der Waals surface area contributed by atoms with Crippen LogP contribution in [-0.2, 0) is 38.0 Å². The van der Waals surface area contributed by atoms with Crippen molar-refractivity contribution in [2.24, 2.45) is 0 Å². The fraction of sp³-hybridized carbons (Fsp3) is 0.708. The van der Waals surface area contributed by atoms with Gasteiger partial charge in [-0.3, -0.25) is 4.79 Å². The van der Waals surface area contributed by atoms with Gasteiger partial charge in [0, 0.05) is 6.54 Å². The third-order valence-electron chi connectivity index (χ3n) is 4.56. The number of hydrogen-bond acceptors (Lipinski definition) is 10. The molecule has 10 nitrogen and oxygen atoms in total. The van der Waals surface area contributed by atoms with Gasteiger partial charge in [-0.2, -0.15) is 8.78 Å². The van der Waals surface area contributed by atoms with Crippen molar-refractivity contribution in [3.63, 3.8) is 0 Å². The zero-order chi connectivity index (χ0) is 28.7. The predicted molar refractivity (Wildman–Crippen MR) is 126 cm³/mol. The number of hydrogen-bond donors (Lipinski definition) is 1. The Kier molecular flexibility index (Phi) is 20.5. The van der Waals surface area contributed by atoms with Gasteiger partial charge in [-0.05, 0) is 7.05 Å². The molecular formula is C24H36F5NO9. The summed E-state index contributed by atoms with van der Waals surface area (Å²) in [6, 6.07) is 0. The normalized spacial score (nSPS) is 11.3. The van der Waals surface area contributed by atoms with Crippen molar-refractivity contribution in [1.29, 1.82) is 0 Å². The Morgan fingerprint density at radius 1 is 0.513 bits per heavy atom. The van der Waals surface area contributed by atoms with Gasteiger partial charge in [-0.1, -0.05) is 0 Å². The standard InChI is InChI=1S/C24H36F5NO9/c1-30-3-5-33-7-9-35-11-13-37-15-17-38-16-14-36-12-10-34-8-6-32-4-2-18(31)39-24-22(28)20(26)19(25)21(27)23(24)29/h30H,2-17H2,1H3. The Labute approximate surface area is 223 Å². The molecule has 15 heteroatoms. The molecule has 0 aromatic heterocycles. The fourth-order valence-electron chi connectivity index (χ4n) is 2.59. The molecule has 0 radical (unpaired) electrons. The van der Waals surface area contributed by atoms with E-state index in [0.29, 0.717) is 66.1 Å². The van der Waals surface area contributed by atoms with E-state index in [4.69, 9.17) is 33.2 Å². The highest BCUT2D eigenvalue weighted by atomic mass is 19.2. The molecule has 0 saturated heterocycles. The van der Waals surface area contributed by atoms with E-state index in [0.717, 1.165) is 6.54 Å². The highest BCUT2D eigenvalue weighted by Gasteiger charge is 2.28. The van der Waals surface area contributed by atoms with Crippen LogP contribution in [-0.4, -0.2) is 112 Å². The van der Waals surface area contributed by atoms with E-state index in [-0.39, 0.29) is 26.4 Å². The van der Waals surface area contributed by atoms with Crippen LogP contribution in [0.2, 0.25) is 0 Å². The van der Waals surface area contributed by atoms with Crippen LogP contribution in [0, 0.1) is 29.1 Å². The number of benzene rings is 1. The van der Waals surface area contributed by atoms with Crippen LogP contribution in [0.3, 0.4) is 0 Å². The third kappa shape index (κ3) is 16.0. The third-order valence-corrected chi connectivity index (χ3v) is 4.56. The first-order valence-corrected chi connectivity index (χ1v) is 12.3. The van der Waals surface area contributed by atoms with E-state index in [1.165, 1.54) is 0 Å². The van der Waals surface area contributed by atoms with Crippen molar-refractivity contribution in [3.05, 3.63) is 29.1 Å². The Hall–Kier alpha value is -1.98. The second kappa shape index (κ2) is 22.8. The van der Waals surface area contributed by atoms with Crippen LogP contribution in [0.5, 0.6) is 5.75 Å². The maximum absolute atomic E-state index is 13.5. The number of rotatable bonds is 25. The first-order valence-electron chi connectivity index (χ1n) is 12.3. The Balaban J connectivity index is 1.86. The lowest BCUT2D eigenvalue weighted by molar-refractivity contribution is -0.136. The van der Waals surface area contributed by atoms with Crippen LogP contribution in [0.1, 0.15) is 6.42 Å². The molecule has 0 fully saturated rings. The van der Waals surface area contributed by atoms with Gasteiger partial charge in [0.25, 0.3) is 0 Å². The van der Waals surface area contributed by atoms with Gasteiger partial charge in [0.2, 0.25) is 34.8 Å². The molecule has 1 N–H and O–H groups in total. The molecule has 0 saturated carbocycles. The second-order valence-corrected chi connectivity index (χ2v) is 7.51. The molecule has 0 bridgehead atoms. The van der Waals surface area contributed by atoms with E-state index in [1.807, 2.05) is 7.05 Å². The van der Waals surface area contributed by atoms with Gasteiger partial charge in [-0.15, -0.1) is 0 Å². The minimum Gasteiger partial charge on any atom is -0.420 e. The summed E-state index contributed by atoms with van der Waals surface area (Å²) in [7, 11) is 1.86. The molecule has 0 spiro atoms. The summed E-state index contributed by atoms with van der Waals surface area (Å²) in [5.41, 5.74) is 0. The van der Waals surface area contributed by atoms with Gasteiger partial charge in [0.15, 0.2) is 0 Å². The molecule has 0 amide bonds. The average Bonchev–Trinajstić information content (AvgIpc) is 2.93. The highest BCUT2D eigenvalue weighted by molar-refractivity contribution is 5.72. The van der Waals surface area contributed by atoms with E-state index < -0.39 is 47.2 Å². The lowest BCUT2D eigenvalue weighted by Crippen LogP contribution is -2.17. The summed E-state index contributed by atoms with van der Waals surface area (Å²) in [6.45, 7) is 5.80. The summed E-state index contributed by atoms with van der Waals surface area (Å²) in [4.78, 5) is 11.6. The fourth-order valence-corrected chi connectivity index (χ4v) is 2.59. The SMILES string of the molecule is CNCCOCCOCCOCCOCCOCCOCCOCCC(=O)Oc1c(F)c(F)c(F)c(F)c1F. The molecule has 39 heavy (non-hydrogen) atoms. The summed E-state index contributed by atoms with van der Waals surface area (Å²) < 4.78 is 108. The van der Waals surface area contributed by atoms with E-state index in [9.17, 15) is 26.7 Å². The number of carbonyl (C=O) groups excluding carboxylic acids is 1. The van der Waals surface area contributed by atoms with Crippen molar-refractivity contribution in [1.82, 2.24) is 5.32 Å². The Morgan fingerprint density at radius 2 is 0.821 bits per heavy atom. The number of ether oxygens (including phenoxy) is 8. The highest BCUT2D eigenvalue weighted by Crippen LogP contribution is 2.29. The monoisotopic (exact) mass is 577 g/mol. The van der Waals surface area contributed by atoms with Crippen LogP contribution in [0.15, 0.2) is 0 Å². The van der Waals surface area contributed by atoms with Gasteiger partial charge in [0.1, 0.15) is 0 Å². The summed E-state index contributed by atoms with van der Waals surface area (Å²) in [6.07, 6.45) is -0.478. The molecule has 1 aromatic carbocycles. The van der Waals surface area contributed by atoms with Crippen molar-refractivity contribution in [3.8, 4) is 5.75 Å². The predicted octanol–water partition coefficient (Wildman–Crippen LogP) is 2.01. The van der Waals surface area contributed by atoms with Crippen molar-refractivity contribution < 1.29 is 64.6 Å². The number of carbonyl (C=O) groups is 1. The first-order chi connectivity index (χ1) is 18.9. The topological polar surface area (TPSA) is 103 Å². The molecule has 0 aliphatic rings. The molecule has 0 atom stereocenters. The van der Waals surface area contributed by atoms with E-state index in [1.54, 1.807) is 0 Å². The molecular weight excluding hydrogens is 541 g/mol. The number of nitrogens with one attached hydrogen (secondary N) is 1. The average molecular weight is 578 g/mol. The smallest absolute Gasteiger partial charge is 0.313 e. The molecule has 0 aliphatic carbocycles. The quantitative estimate of drug-likeness (QED) is 0.0464. The Bertz CT molecular complexity index is 779. The largest absolute Gasteiger partial charge is 0.420 e. The van der Waals surface area contributed by atoms with Crippen molar-refractivity contribution in [2.45, 2.75) is 6.42 Å². The molecule has 1 rings (SSSR count). The summed E-state index contributed by atoms with van der Waals surface area (Å²) >= 11 is 0. The first kappa shape index (κ1) is 35.0. The van der Waals surface area contributed by atoms with Gasteiger partial charge in [0.05, 0.1) is 98.9 Å². The van der Waals surface area contributed by atoms with Crippen molar-refractivity contribution >= 4 is 5.97 Å². The lowest BCUT2D eigenvalue weighted by Gasteiger charge is -2.09. The number of esters is 1. The molecule has 226 valence electrons. The number of likely N-dealkylation sites (N-methyl/N-ethyl adjacent to an activating group) is 1. The van der Waals surface area contributed by atoms with Crippen LogP contribution in [0.25, 0.3) is 0 Å². The maximum atomic E-state index is 13.5. The zero-order valence-electron chi connectivity index (χ0n) is 21.9. The number of halogens is 5. The van der Waals surface area contributed by atoms with Gasteiger partial charge >= 0.3 is 5.97 Å². The minimum atomic E-state index is -2.34. The van der Waals surface area contributed by atoms with Gasteiger partial charge < -0.3 is 43.2 Å².